The number of methoxy groups -OCH3 is 2. The molecule has 0 aliphatic heterocycles. The highest BCUT2D eigenvalue weighted by Crippen LogP contribution is 2.32. The molecular formula is C30H36ClN3O6S. The van der Waals surface area contributed by atoms with Crippen molar-refractivity contribution in [2.75, 3.05) is 25.1 Å². The molecule has 0 spiro atoms. The number of hydrogen-bond acceptors (Lipinski definition) is 6. The van der Waals surface area contributed by atoms with Crippen LogP contribution in [0.2, 0.25) is 5.02 Å². The van der Waals surface area contributed by atoms with Gasteiger partial charge >= 0.3 is 0 Å². The quantitative estimate of drug-likeness (QED) is 0.299. The lowest BCUT2D eigenvalue weighted by atomic mass is 10.1. The van der Waals surface area contributed by atoms with Crippen LogP contribution in [0.1, 0.15) is 32.8 Å². The van der Waals surface area contributed by atoms with Crippen LogP contribution in [0.15, 0.2) is 77.7 Å². The molecule has 0 saturated carbocycles. The van der Waals surface area contributed by atoms with Gasteiger partial charge in [0.15, 0.2) is 0 Å². The Kier molecular flexibility index (Phi) is 11.0. The number of carbonyl (C=O) groups excluding carboxylic acids is 2. The van der Waals surface area contributed by atoms with E-state index in [1.165, 1.54) is 42.3 Å². The zero-order chi connectivity index (χ0) is 30.2. The third-order valence-corrected chi connectivity index (χ3v) is 8.42. The Balaban J connectivity index is 2.09. The summed E-state index contributed by atoms with van der Waals surface area (Å²) < 4.78 is 39.4. The Morgan fingerprint density at radius 1 is 0.951 bits per heavy atom. The van der Waals surface area contributed by atoms with E-state index in [4.69, 9.17) is 21.1 Å². The molecule has 0 fully saturated rings. The first-order chi connectivity index (χ1) is 19.5. The maximum Gasteiger partial charge on any atom is 0.264 e. The summed E-state index contributed by atoms with van der Waals surface area (Å²) in [7, 11) is -1.22. The molecule has 9 nitrogen and oxygen atoms in total. The Hall–Kier alpha value is -3.76. The maximum absolute atomic E-state index is 14.1. The predicted octanol–water partition coefficient (Wildman–Crippen LogP) is 4.88. The second-order valence-electron chi connectivity index (χ2n) is 9.60. The summed E-state index contributed by atoms with van der Waals surface area (Å²) in [5, 5.41) is 3.06. The number of ether oxygens (including phenoxy) is 2. The largest absolute Gasteiger partial charge is 0.497 e. The van der Waals surface area contributed by atoms with Gasteiger partial charge in [0, 0.05) is 12.6 Å². The van der Waals surface area contributed by atoms with Gasteiger partial charge in [0.2, 0.25) is 11.8 Å². The highest BCUT2D eigenvalue weighted by Gasteiger charge is 2.34. The molecule has 0 radical (unpaired) electrons. The average Bonchev–Trinajstić information content (AvgIpc) is 2.95. The minimum atomic E-state index is -4.21. The fraction of sp³-hybridized carbons (Fsp3) is 0.333. The Morgan fingerprint density at radius 2 is 1.66 bits per heavy atom. The lowest BCUT2D eigenvalue weighted by Crippen LogP contribution is -2.53. The third-order valence-electron chi connectivity index (χ3n) is 6.34. The number of benzene rings is 3. The van der Waals surface area contributed by atoms with Gasteiger partial charge in [-0.3, -0.25) is 13.9 Å². The van der Waals surface area contributed by atoms with E-state index < -0.39 is 28.5 Å². The summed E-state index contributed by atoms with van der Waals surface area (Å²) in [6.07, 6.45) is 0.314. The van der Waals surface area contributed by atoms with Gasteiger partial charge in [-0.1, -0.05) is 48.9 Å². The van der Waals surface area contributed by atoms with E-state index in [0.717, 1.165) is 9.87 Å². The molecule has 0 saturated heterocycles. The molecule has 3 aromatic carbocycles. The normalized spacial score (nSPS) is 12.0. The number of halogens is 1. The summed E-state index contributed by atoms with van der Waals surface area (Å²) >= 11 is 6.36. The van der Waals surface area contributed by atoms with E-state index in [1.54, 1.807) is 50.4 Å². The highest BCUT2D eigenvalue weighted by molar-refractivity contribution is 7.92. The highest BCUT2D eigenvalue weighted by atomic mass is 35.5. The van der Waals surface area contributed by atoms with Crippen molar-refractivity contribution in [3.05, 3.63) is 83.4 Å². The molecule has 0 unspecified atom stereocenters. The van der Waals surface area contributed by atoms with E-state index >= 15 is 0 Å². The van der Waals surface area contributed by atoms with Crippen LogP contribution in [0.25, 0.3) is 0 Å². The van der Waals surface area contributed by atoms with E-state index in [9.17, 15) is 18.0 Å². The molecule has 1 N–H and O–H groups in total. The molecule has 220 valence electrons. The van der Waals surface area contributed by atoms with Crippen molar-refractivity contribution in [1.29, 1.82) is 0 Å². The molecule has 41 heavy (non-hydrogen) atoms. The van der Waals surface area contributed by atoms with Crippen LogP contribution >= 0.6 is 11.6 Å². The van der Waals surface area contributed by atoms with Crippen LogP contribution in [-0.2, 0) is 26.2 Å². The van der Waals surface area contributed by atoms with E-state index in [1.807, 2.05) is 19.9 Å². The zero-order valence-corrected chi connectivity index (χ0v) is 25.4. The molecule has 0 aliphatic rings. The number of rotatable bonds is 13. The number of sulfonamides is 1. The number of carbonyl (C=O) groups is 2. The van der Waals surface area contributed by atoms with E-state index in [2.05, 4.69) is 5.32 Å². The minimum absolute atomic E-state index is 0.00341. The van der Waals surface area contributed by atoms with Crippen molar-refractivity contribution >= 4 is 39.1 Å². The van der Waals surface area contributed by atoms with Gasteiger partial charge in [0.25, 0.3) is 10.0 Å². The molecule has 1 atom stereocenters. The lowest BCUT2D eigenvalue weighted by molar-refractivity contribution is -0.140. The standard InChI is InChI=1S/C30H36ClN3O6S/c1-6-27(30(36)32-21(2)3)33(19-22-11-10-12-24(17-22)39-4)29(35)20-34(23-15-16-28(40-5)26(31)18-23)41(37,38)25-13-8-7-9-14-25/h7-18,21,27H,6,19-20H2,1-5H3,(H,32,36)/t27-/m1/s1. The summed E-state index contributed by atoms with van der Waals surface area (Å²) in [5.74, 6) is 0.0549. The zero-order valence-electron chi connectivity index (χ0n) is 23.8. The molecule has 3 aromatic rings. The monoisotopic (exact) mass is 601 g/mol. The predicted molar refractivity (Wildman–Crippen MR) is 160 cm³/mol. The Bertz CT molecular complexity index is 1450. The van der Waals surface area contributed by atoms with Crippen LogP contribution in [0.4, 0.5) is 5.69 Å². The number of nitrogens with one attached hydrogen (secondary N) is 1. The molecular weight excluding hydrogens is 566 g/mol. The van der Waals surface area contributed by atoms with Crippen LogP contribution in [0.5, 0.6) is 11.5 Å². The first-order valence-electron chi connectivity index (χ1n) is 13.2. The molecule has 0 bridgehead atoms. The number of hydrogen-bond donors (Lipinski definition) is 1. The van der Waals surface area contributed by atoms with Crippen molar-refractivity contribution in [3.8, 4) is 11.5 Å². The van der Waals surface area contributed by atoms with E-state index in [-0.39, 0.29) is 34.1 Å². The van der Waals surface area contributed by atoms with Gasteiger partial charge < -0.3 is 19.7 Å². The molecule has 2 amide bonds. The van der Waals surface area contributed by atoms with Crippen molar-refractivity contribution in [2.45, 2.75) is 50.7 Å². The lowest BCUT2D eigenvalue weighted by Gasteiger charge is -2.33. The van der Waals surface area contributed by atoms with Gasteiger partial charge in [-0.2, -0.15) is 0 Å². The Morgan fingerprint density at radius 3 is 2.24 bits per heavy atom. The van der Waals surface area contributed by atoms with Crippen molar-refractivity contribution in [3.63, 3.8) is 0 Å². The third kappa shape index (κ3) is 7.92. The topological polar surface area (TPSA) is 105 Å². The minimum Gasteiger partial charge on any atom is -0.497 e. The summed E-state index contributed by atoms with van der Waals surface area (Å²) in [6.45, 7) is 4.96. The summed E-state index contributed by atoms with van der Waals surface area (Å²) in [4.78, 5) is 28.8. The fourth-order valence-electron chi connectivity index (χ4n) is 4.33. The second kappa shape index (κ2) is 14.2. The van der Waals surface area contributed by atoms with Crippen LogP contribution in [0.3, 0.4) is 0 Å². The van der Waals surface area contributed by atoms with Crippen molar-refractivity contribution in [1.82, 2.24) is 10.2 Å². The molecule has 0 aliphatic carbocycles. The first-order valence-corrected chi connectivity index (χ1v) is 15.0. The number of nitrogens with zero attached hydrogens (tertiary/aromatic N) is 2. The van der Waals surface area contributed by atoms with Crippen LogP contribution in [-0.4, -0.2) is 58.0 Å². The smallest absolute Gasteiger partial charge is 0.264 e. The molecule has 3 rings (SSSR count). The Labute approximate surface area is 247 Å². The van der Waals surface area contributed by atoms with E-state index in [0.29, 0.717) is 17.9 Å². The molecule has 0 heterocycles. The summed E-state index contributed by atoms with van der Waals surface area (Å²) in [5.41, 5.74) is 0.896. The SMILES string of the molecule is CC[C@H](C(=O)NC(C)C)N(Cc1cccc(OC)c1)C(=O)CN(c1ccc(OC)c(Cl)c1)S(=O)(=O)c1ccccc1. The average molecular weight is 602 g/mol. The fourth-order valence-corrected chi connectivity index (χ4v) is 6.01. The van der Waals surface area contributed by atoms with Gasteiger partial charge in [-0.15, -0.1) is 0 Å². The number of amides is 2. The molecule has 0 aromatic heterocycles. The van der Waals surface area contributed by atoms with Gasteiger partial charge in [-0.05, 0) is 68.3 Å². The second-order valence-corrected chi connectivity index (χ2v) is 11.9. The van der Waals surface area contributed by atoms with Crippen molar-refractivity contribution in [2.24, 2.45) is 0 Å². The number of anilines is 1. The van der Waals surface area contributed by atoms with Crippen molar-refractivity contribution < 1.29 is 27.5 Å². The summed E-state index contributed by atoms with van der Waals surface area (Å²) in [6, 6.07) is 18.5. The van der Waals surface area contributed by atoms with Crippen LogP contribution < -0.4 is 19.1 Å². The van der Waals surface area contributed by atoms with Gasteiger partial charge in [0.1, 0.15) is 24.1 Å². The van der Waals surface area contributed by atoms with Crippen LogP contribution in [0, 0.1) is 0 Å². The molecule has 11 heteroatoms. The first kappa shape index (κ1) is 31.8. The van der Waals surface area contributed by atoms with Gasteiger partial charge in [0.05, 0.1) is 29.8 Å². The van der Waals surface area contributed by atoms with Gasteiger partial charge in [-0.25, -0.2) is 8.42 Å². The maximum atomic E-state index is 14.1.